The first-order valence-corrected chi connectivity index (χ1v) is 11.6. The number of amides is 1. The van der Waals surface area contributed by atoms with E-state index in [1.165, 1.54) is 5.56 Å². The van der Waals surface area contributed by atoms with Crippen molar-refractivity contribution in [3.05, 3.63) is 70.7 Å². The molecule has 2 aliphatic rings. The van der Waals surface area contributed by atoms with Crippen molar-refractivity contribution < 1.29 is 9.53 Å². The van der Waals surface area contributed by atoms with Crippen LogP contribution in [0.3, 0.4) is 0 Å². The molecule has 4 rings (SSSR count). The van der Waals surface area contributed by atoms with Crippen LogP contribution in [0.5, 0.6) is 0 Å². The Labute approximate surface area is 202 Å². The topological polar surface area (TPSA) is 58.8 Å². The maximum atomic E-state index is 12.4. The summed E-state index contributed by atoms with van der Waals surface area (Å²) in [5.74, 6) is 0. The monoisotopic (exact) mass is 477 g/mol. The number of rotatable bonds is 5. The van der Waals surface area contributed by atoms with Crippen LogP contribution < -0.4 is 5.73 Å². The predicted molar refractivity (Wildman–Crippen MR) is 131 cm³/mol. The van der Waals surface area contributed by atoms with Gasteiger partial charge in [0.25, 0.3) is 0 Å². The Kier molecular flexibility index (Phi) is 8.83. The highest BCUT2D eigenvalue weighted by Crippen LogP contribution is 2.41. The number of ether oxygens (including phenoxy) is 1. The van der Waals surface area contributed by atoms with Gasteiger partial charge in [-0.25, -0.2) is 4.79 Å². The molecule has 1 heterocycles. The third kappa shape index (κ3) is 5.76. The fourth-order valence-corrected chi connectivity index (χ4v) is 5.22. The van der Waals surface area contributed by atoms with Gasteiger partial charge in [-0.1, -0.05) is 54.1 Å². The smallest absolute Gasteiger partial charge is 0.410 e. The van der Waals surface area contributed by atoms with Gasteiger partial charge in [-0.15, -0.1) is 12.4 Å². The normalized spacial score (nSPS) is 23.9. The van der Waals surface area contributed by atoms with E-state index in [9.17, 15) is 4.79 Å². The lowest BCUT2D eigenvalue weighted by atomic mass is 9.68. The van der Waals surface area contributed by atoms with Crippen LogP contribution in [0.25, 0.3) is 0 Å². The quantitative estimate of drug-likeness (QED) is 0.667. The number of hydrogen-bond acceptors (Lipinski definition) is 4. The predicted octanol–water partition coefficient (Wildman–Crippen LogP) is 4.86. The number of carbonyl (C=O) groups excluding carboxylic acids is 1. The minimum Gasteiger partial charge on any atom is -0.445 e. The second-order valence-electron chi connectivity index (χ2n) is 8.79. The van der Waals surface area contributed by atoms with E-state index < -0.39 is 0 Å². The first kappa shape index (κ1) is 24.8. The maximum Gasteiger partial charge on any atom is 0.410 e. The van der Waals surface area contributed by atoms with E-state index in [0.717, 1.165) is 62.4 Å². The number of hydrogen-bond donors (Lipinski definition) is 1. The van der Waals surface area contributed by atoms with Crippen LogP contribution in [0.15, 0.2) is 54.6 Å². The van der Waals surface area contributed by atoms with Crippen LogP contribution in [0.4, 0.5) is 4.79 Å². The molecule has 2 aromatic carbocycles. The lowest BCUT2D eigenvalue weighted by Crippen LogP contribution is -2.54. The Bertz CT molecular complexity index is 865. The number of nitrogens with zero attached hydrogens (tertiary/aromatic N) is 2. The number of benzene rings is 2. The summed E-state index contributed by atoms with van der Waals surface area (Å²) in [4.78, 5) is 16.8. The number of halogens is 2. The molecule has 1 saturated heterocycles. The van der Waals surface area contributed by atoms with Crippen LogP contribution >= 0.6 is 24.0 Å². The zero-order chi connectivity index (χ0) is 21.7. The summed E-state index contributed by atoms with van der Waals surface area (Å²) < 4.78 is 5.49. The van der Waals surface area contributed by atoms with Crippen LogP contribution in [0.1, 0.15) is 36.8 Å². The van der Waals surface area contributed by atoms with E-state index in [1.54, 1.807) is 0 Å². The summed E-state index contributed by atoms with van der Waals surface area (Å²) in [6, 6.07) is 18.6. The molecule has 0 unspecified atom stereocenters. The van der Waals surface area contributed by atoms with Crippen molar-refractivity contribution in [2.45, 2.75) is 43.7 Å². The van der Waals surface area contributed by atoms with Crippen molar-refractivity contribution in [1.29, 1.82) is 0 Å². The van der Waals surface area contributed by atoms with Gasteiger partial charge in [-0.2, -0.15) is 0 Å². The average Bonchev–Trinajstić information content (AvgIpc) is 2.83. The molecule has 174 valence electrons. The second kappa shape index (κ2) is 11.4. The molecular formula is C25H33Cl2N3O2. The van der Waals surface area contributed by atoms with Crippen LogP contribution in [-0.2, 0) is 16.8 Å². The third-order valence-corrected chi connectivity index (χ3v) is 7.27. The molecular weight excluding hydrogens is 445 g/mol. The molecule has 0 bridgehead atoms. The van der Waals surface area contributed by atoms with Crippen molar-refractivity contribution in [2.75, 3.05) is 32.7 Å². The number of piperazine rings is 1. The fourth-order valence-electron chi connectivity index (χ4n) is 5.03. The van der Waals surface area contributed by atoms with E-state index >= 15 is 0 Å². The second-order valence-corrected chi connectivity index (χ2v) is 9.23. The molecule has 5 nitrogen and oxygen atoms in total. The molecule has 2 aromatic rings. The van der Waals surface area contributed by atoms with Crippen LogP contribution in [0, 0.1) is 0 Å². The van der Waals surface area contributed by atoms with Gasteiger partial charge in [0.05, 0.1) is 0 Å². The van der Waals surface area contributed by atoms with Gasteiger partial charge in [0, 0.05) is 49.2 Å². The highest BCUT2D eigenvalue weighted by molar-refractivity contribution is 6.30. The zero-order valence-corrected chi connectivity index (χ0v) is 20.0. The van der Waals surface area contributed by atoms with E-state index in [0.29, 0.717) is 19.2 Å². The Morgan fingerprint density at radius 3 is 2.34 bits per heavy atom. The molecule has 2 N–H and O–H groups in total. The Hall–Kier alpha value is -1.79. The lowest BCUT2D eigenvalue weighted by Gasteiger charge is -2.45. The standard InChI is InChI=1S/C25H32ClN3O2.ClH/c26-22-8-4-7-21(17-22)25(19-27)11-9-23(10-12-25)28-13-15-29(16-14-28)24(30)31-18-20-5-2-1-3-6-20;/h1-8,17,23H,9-16,18-19,27H2;1H. The number of nitrogens with two attached hydrogens (primary N) is 1. The van der Waals surface area contributed by atoms with E-state index in [4.69, 9.17) is 22.1 Å². The van der Waals surface area contributed by atoms with Crippen molar-refractivity contribution in [2.24, 2.45) is 5.73 Å². The van der Waals surface area contributed by atoms with Crippen molar-refractivity contribution in [3.8, 4) is 0 Å². The average molecular weight is 478 g/mol. The molecule has 1 aliphatic carbocycles. The van der Waals surface area contributed by atoms with E-state index in [1.807, 2.05) is 47.4 Å². The molecule has 1 amide bonds. The first-order valence-electron chi connectivity index (χ1n) is 11.3. The van der Waals surface area contributed by atoms with Gasteiger partial charge in [0.2, 0.25) is 0 Å². The van der Waals surface area contributed by atoms with Gasteiger partial charge < -0.3 is 15.4 Å². The molecule has 0 atom stereocenters. The van der Waals surface area contributed by atoms with Gasteiger partial charge in [0.1, 0.15) is 6.61 Å². The summed E-state index contributed by atoms with van der Waals surface area (Å²) in [5, 5.41) is 0.780. The van der Waals surface area contributed by atoms with Crippen LogP contribution in [-0.4, -0.2) is 54.7 Å². The van der Waals surface area contributed by atoms with Gasteiger partial charge in [-0.05, 0) is 48.9 Å². The van der Waals surface area contributed by atoms with Crippen molar-refractivity contribution >= 4 is 30.1 Å². The van der Waals surface area contributed by atoms with Gasteiger partial charge in [0.15, 0.2) is 0 Å². The Balaban J connectivity index is 0.00000289. The summed E-state index contributed by atoms with van der Waals surface area (Å²) >= 11 is 6.24. The molecule has 0 aromatic heterocycles. The summed E-state index contributed by atoms with van der Waals surface area (Å²) in [6.07, 6.45) is 4.20. The minimum atomic E-state index is -0.213. The first-order chi connectivity index (χ1) is 15.1. The lowest BCUT2D eigenvalue weighted by molar-refractivity contribution is 0.0468. The molecule has 2 fully saturated rings. The molecule has 1 saturated carbocycles. The van der Waals surface area contributed by atoms with Crippen molar-refractivity contribution in [3.63, 3.8) is 0 Å². The van der Waals surface area contributed by atoms with E-state index in [-0.39, 0.29) is 23.9 Å². The highest BCUT2D eigenvalue weighted by atomic mass is 35.5. The SMILES string of the molecule is Cl.NCC1(c2cccc(Cl)c2)CCC(N2CCN(C(=O)OCc3ccccc3)CC2)CC1. The third-order valence-electron chi connectivity index (χ3n) is 7.03. The largest absolute Gasteiger partial charge is 0.445 e. The van der Waals surface area contributed by atoms with Gasteiger partial charge >= 0.3 is 6.09 Å². The summed E-state index contributed by atoms with van der Waals surface area (Å²) in [7, 11) is 0. The maximum absolute atomic E-state index is 12.4. The Morgan fingerprint density at radius 1 is 1.03 bits per heavy atom. The molecule has 32 heavy (non-hydrogen) atoms. The molecule has 1 aliphatic heterocycles. The Morgan fingerprint density at radius 2 is 1.72 bits per heavy atom. The number of carbonyl (C=O) groups is 1. The van der Waals surface area contributed by atoms with Crippen molar-refractivity contribution in [1.82, 2.24) is 9.80 Å². The van der Waals surface area contributed by atoms with E-state index in [2.05, 4.69) is 17.0 Å². The van der Waals surface area contributed by atoms with Crippen LogP contribution in [0.2, 0.25) is 5.02 Å². The zero-order valence-electron chi connectivity index (χ0n) is 18.4. The minimum absolute atomic E-state index is 0. The molecule has 0 radical (unpaired) electrons. The van der Waals surface area contributed by atoms with Gasteiger partial charge in [-0.3, -0.25) is 4.90 Å². The summed E-state index contributed by atoms with van der Waals surface area (Å²) in [5.41, 5.74) is 8.57. The fraction of sp³-hybridized carbons (Fsp3) is 0.480. The molecule has 0 spiro atoms. The summed E-state index contributed by atoms with van der Waals surface area (Å²) in [6.45, 7) is 4.23. The molecule has 7 heteroatoms. The highest BCUT2D eigenvalue weighted by Gasteiger charge is 2.38.